The fraction of sp³-hybridized carbons (Fsp3) is 0.133. The third-order valence-electron chi connectivity index (χ3n) is 2.93. The van der Waals surface area contributed by atoms with Crippen LogP contribution in [0.4, 0.5) is 10.1 Å². The molecule has 0 aliphatic carbocycles. The lowest BCUT2D eigenvalue weighted by atomic mass is 10.1. The Labute approximate surface area is 125 Å². The van der Waals surface area contributed by atoms with Gasteiger partial charge in [-0.15, -0.1) is 0 Å². The number of nitrogens with one attached hydrogen (secondary N) is 1. The van der Waals surface area contributed by atoms with Crippen LogP contribution in [0.1, 0.15) is 28.9 Å². The summed E-state index contributed by atoms with van der Waals surface area (Å²) < 4.78 is 14.3. The molecule has 2 rings (SSSR count). The fourth-order valence-corrected chi connectivity index (χ4v) is 2.19. The molecule has 3 nitrogen and oxygen atoms in total. The summed E-state index contributed by atoms with van der Waals surface area (Å²) in [5, 5.41) is 2.75. The fourth-order valence-electron chi connectivity index (χ4n) is 1.86. The Morgan fingerprint density at radius 2 is 2.05 bits per heavy atom. The van der Waals surface area contributed by atoms with Gasteiger partial charge in [0.1, 0.15) is 5.82 Å². The first kappa shape index (κ1) is 14.5. The SMILES string of the molecule is CC(NC(=O)c1ccc(Br)cc1F)c1cccc(N)c1. The van der Waals surface area contributed by atoms with Crippen LogP contribution in [0.5, 0.6) is 0 Å². The number of anilines is 1. The first-order valence-electron chi connectivity index (χ1n) is 6.08. The Balaban J connectivity index is 2.15. The van der Waals surface area contributed by atoms with E-state index in [2.05, 4.69) is 21.2 Å². The maximum Gasteiger partial charge on any atom is 0.254 e. The summed E-state index contributed by atoms with van der Waals surface area (Å²) >= 11 is 3.16. The Hall–Kier alpha value is -1.88. The van der Waals surface area contributed by atoms with Gasteiger partial charge in [-0.2, -0.15) is 0 Å². The van der Waals surface area contributed by atoms with Crippen LogP contribution in [0.3, 0.4) is 0 Å². The van der Waals surface area contributed by atoms with E-state index in [-0.39, 0.29) is 11.6 Å². The van der Waals surface area contributed by atoms with Crippen molar-refractivity contribution in [3.8, 4) is 0 Å². The molecule has 0 bridgehead atoms. The second kappa shape index (κ2) is 6.05. The Bertz CT molecular complexity index is 646. The van der Waals surface area contributed by atoms with Crippen molar-refractivity contribution in [3.63, 3.8) is 0 Å². The number of amides is 1. The largest absolute Gasteiger partial charge is 0.399 e. The summed E-state index contributed by atoms with van der Waals surface area (Å²) in [5.74, 6) is -1.01. The van der Waals surface area contributed by atoms with Gasteiger partial charge in [-0.25, -0.2) is 4.39 Å². The molecule has 0 aliphatic rings. The van der Waals surface area contributed by atoms with Gasteiger partial charge in [-0.3, -0.25) is 4.79 Å². The van der Waals surface area contributed by atoms with E-state index >= 15 is 0 Å². The van der Waals surface area contributed by atoms with E-state index in [4.69, 9.17) is 5.73 Å². The lowest BCUT2D eigenvalue weighted by Gasteiger charge is -2.15. The molecule has 1 atom stereocenters. The molecule has 0 saturated heterocycles. The molecule has 0 saturated carbocycles. The highest BCUT2D eigenvalue weighted by atomic mass is 79.9. The number of carbonyl (C=O) groups is 1. The molecular weight excluding hydrogens is 323 g/mol. The molecule has 1 unspecified atom stereocenters. The molecule has 0 spiro atoms. The lowest BCUT2D eigenvalue weighted by molar-refractivity contribution is 0.0936. The summed E-state index contributed by atoms with van der Waals surface area (Å²) in [6.07, 6.45) is 0. The van der Waals surface area contributed by atoms with Gasteiger partial charge in [0.05, 0.1) is 11.6 Å². The molecule has 1 amide bonds. The summed E-state index contributed by atoms with van der Waals surface area (Å²) in [6, 6.07) is 11.3. The predicted molar refractivity (Wildman–Crippen MR) is 80.8 cm³/mol. The molecule has 0 aliphatic heterocycles. The van der Waals surface area contributed by atoms with Crippen molar-refractivity contribution in [2.45, 2.75) is 13.0 Å². The monoisotopic (exact) mass is 336 g/mol. The van der Waals surface area contributed by atoms with Gasteiger partial charge in [-0.1, -0.05) is 28.1 Å². The van der Waals surface area contributed by atoms with Crippen molar-refractivity contribution in [2.24, 2.45) is 0 Å². The average molecular weight is 337 g/mol. The van der Waals surface area contributed by atoms with E-state index < -0.39 is 11.7 Å². The van der Waals surface area contributed by atoms with Crippen molar-refractivity contribution in [1.82, 2.24) is 5.32 Å². The van der Waals surface area contributed by atoms with Crippen LogP contribution >= 0.6 is 15.9 Å². The normalized spacial score (nSPS) is 11.9. The van der Waals surface area contributed by atoms with Crippen molar-refractivity contribution >= 4 is 27.5 Å². The molecule has 0 radical (unpaired) electrons. The second-order valence-electron chi connectivity index (χ2n) is 4.49. The molecule has 2 aromatic carbocycles. The van der Waals surface area contributed by atoms with Gasteiger partial charge in [-0.05, 0) is 42.8 Å². The van der Waals surface area contributed by atoms with Gasteiger partial charge < -0.3 is 11.1 Å². The van der Waals surface area contributed by atoms with Crippen LogP contribution in [0.2, 0.25) is 0 Å². The van der Waals surface area contributed by atoms with E-state index in [1.165, 1.54) is 12.1 Å². The molecule has 0 heterocycles. The van der Waals surface area contributed by atoms with Crippen LogP contribution in [-0.2, 0) is 0 Å². The van der Waals surface area contributed by atoms with Crippen LogP contribution in [0.25, 0.3) is 0 Å². The summed E-state index contributed by atoms with van der Waals surface area (Å²) in [7, 11) is 0. The van der Waals surface area contributed by atoms with E-state index in [1.807, 2.05) is 19.1 Å². The zero-order valence-electron chi connectivity index (χ0n) is 10.9. The molecule has 104 valence electrons. The molecule has 20 heavy (non-hydrogen) atoms. The smallest absolute Gasteiger partial charge is 0.254 e. The molecule has 5 heteroatoms. The maximum absolute atomic E-state index is 13.7. The minimum atomic E-state index is -0.559. The number of benzene rings is 2. The third-order valence-corrected chi connectivity index (χ3v) is 3.43. The zero-order valence-corrected chi connectivity index (χ0v) is 12.4. The molecule has 0 fully saturated rings. The van der Waals surface area contributed by atoms with Crippen molar-refractivity contribution < 1.29 is 9.18 Å². The quantitative estimate of drug-likeness (QED) is 0.840. The Morgan fingerprint density at radius 1 is 1.30 bits per heavy atom. The lowest BCUT2D eigenvalue weighted by Crippen LogP contribution is -2.27. The topological polar surface area (TPSA) is 55.1 Å². The standard InChI is InChI=1S/C15H14BrFN2O/c1-9(10-3-2-4-12(18)7-10)19-15(20)13-6-5-11(16)8-14(13)17/h2-9H,18H2,1H3,(H,19,20). The van der Waals surface area contributed by atoms with E-state index in [0.29, 0.717) is 10.2 Å². The number of rotatable bonds is 3. The molecule has 3 N–H and O–H groups in total. The number of hydrogen-bond acceptors (Lipinski definition) is 2. The minimum absolute atomic E-state index is 0.0175. The van der Waals surface area contributed by atoms with Gasteiger partial charge in [0.2, 0.25) is 0 Å². The van der Waals surface area contributed by atoms with Crippen molar-refractivity contribution in [1.29, 1.82) is 0 Å². The summed E-state index contributed by atoms with van der Waals surface area (Å²) in [4.78, 5) is 12.0. The number of nitrogen functional groups attached to an aromatic ring is 1. The first-order chi connectivity index (χ1) is 9.47. The van der Waals surface area contributed by atoms with Crippen molar-refractivity contribution in [3.05, 3.63) is 63.9 Å². The Kier molecular flexibility index (Phi) is 4.39. The number of hydrogen-bond donors (Lipinski definition) is 2. The van der Waals surface area contributed by atoms with E-state index in [9.17, 15) is 9.18 Å². The van der Waals surface area contributed by atoms with Crippen molar-refractivity contribution in [2.75, 3.05) is 5.73 Å². The molecular formula is C15H14BrFN2O. The number of nitrogens with two attached hydrogens (primary N) is 1. The summed E-state index contributed by atoms with van der Waals surface area (Å²) in [6.45, 7) is 1.82. The highest BCUT2D eigenvalue weighted by Crippen LogP contribution is 2.18. The predicted octanol–water partition coefficient (Wildman–Crippen LogP) is 3.66. The van der Waals surface area contributed by atoms with Gasteiger partial charge >= 0.3 is 0 Å². The van der Waals surface area contributed by atoms with Gasteiger partial charge in [0, 0.05) is 10.2 Å². The minimum Gasteiger partial charge on any atom is -0.399 e. The van der Waals surface area contributed by atoms with Gasteiger partial charge in [0.15, 0.2) is 0 Å². The van der Waals surface area contributed by atoms with Gasteiger partial charge in [0.25, 0.3) is 5.91 Å². The van der Waals surface area contributed by atoms with E-state index in [1.54, 1.807) is 18.2 Å². The average Bonchev–Trinajstić information content (AvgIpc) is 2.38. The zero-order chi connectivity index (χ0) is 14.7. The molecule has 0 aromatic heterocycles. The number of halogens is 2. The van der Waals surface area contributed by atoms with Crippen LogP contribution < -0.4 is 11.1 Å². The third kappa shape index (κ3) is 3.36. The van der Waals surface area contributed by atoms with E-state index in [0.717, 1.165) is 5.56 Å². The van der Waals surface area contributed by atoms with Crippen LogP contribution in [-0.4, -0.2) is 5.91 Å². The van der Waals surface area contributed by atoms with Crippen LogP contribution in [0.15, 0.2) is 46.9 Å². The van der Waals surface area contributed by atoms with Crippen LogP contribution in [0, 0.1) is 5.82 Å². The first-order valence-corrected chi connectivity index (χ1v) is 6.88. The number of carbonyl (C=O) groups excluding carboxylic acids is 1. The highest BCUT2D eigenvalue weighted by Gasteiger charge is 2.15. The second-order valence-corrected chi connectivity index (χ2v) is 5.41. The summed E-state index contributed by atoms with van der Waals surface area (Å²) in [5.41, 5.74) is 7.21. The highest BCUT2D eigenvalue weighted by molar-refractivity contribution is 9.10. The molecule has 2 aromatic rings. The maximum atomic E-state index is 13.7. The Morgan fingerprint density at radius 3 is 2.70 bits per heavy atom.